The van der Waals surface area contributed by atoms with E-state index < -0.39 is 11.4 Å². The average molecular weight is 391 g/mol. The molecular formula is C24H38O4. The highest BCUT2D eigenvalue weighted by Crippen LogP contribution is 2.25. The van der Waals surface area contributed by atoms with Crippen LogP contribution in [0.1, 0.15) is 89.3 Å². The van der Waals surface area contributed by atoms with Crippen LogP contribution in [-0.4, -0.2) is 23.1 Å². The Morgan fingerprint density at radius 3 is 2.04 bits per heavy atom. The number of carboxylic acid groups (broad SMARTS) is 1. The second-order valence-electron chi connectivity index (χ2n) is 9.13. The number of carboxylic acids is 1. The first-order valence-electron chi connectivity index (χ1n) is 10.5. The molecule has 0 spiro atoms. The topological polar surface area (TPSA) is 63.6 Å². The molecule has 28 heavy (non-hydrogen) atoms. The van der Waals surface area contributed by atoms with Gasteiger partial charge in [-0.1, -0.05) is 31.0 Å². The second-order valence-corrected chi connectivity index (χ2v) is 9.13. The van der Waals surface area contributed by atoms with E-state index in [2.05, 4.69) is 25.1 Å². The molecule has 0 aliphatic rings. The van der Waals surface area contributed by atoms with Crippen molar-refractivity contribution in [3.63, 3.8) is 0 Å². The Bertz CT molecular complexity index is 631. The van der Waals surface area contributed by atoms with Crippen LogP contribution in [0.3, 0.4) is 0 Å². The van der Waals surface area contributed by atoms with Gasteiger partial charge in [-0.3, -0.25) is 9.59 Å². The molecular weight excluding hydrogens is 352 g/mol. The van der Waals surface area contributed by atoms with E-state index in [0.29, 0.717) is 6.47 Å². The molecule has 0 atom stereocenters. The molecule has 0 aromatic heterocycles. The van der Waals surface area contributed by atoms with Crippen molar-refractivity contribution < 1.29 is 19.4 Å². The standard InChI is InChI=1S/C24H38O4/c1-19-20(12-7-6-9-16-23(2,3)22(26)27)14-11-15-21(19)13-8-10-17-24(4,5)28-18-25/h11,14-15,18H,6-10,12-13,16-17H2,1-5H3,(H,26,27). The summed E-state index contributed by atoms with van der Waals surface area (Å²) in [6, 6.07) is 6.56. The summed E-state index contributed by atoms with van der Waals surface area (Å²) < 4.78 is 5.11. The Morgan fingerprint density at radius 2 is 1.50 bits per heavy atom. The summed E-state index contributed by atoms with van der Waals surface area (Å²) in [7, 11) is 0. The summed E-state index contributed by atoms with van der Waals surface area (Å²) in [6.45, 7) is 10.2. The highest BCUT2D eigenvalue weighted by atomic mass is 16.5. The molecule has 4 heteroatoms. The molecule has 0 aliphatic carbocycles. The van der Waals surface area contributed by atoms with E-state index in [1.165, 1.54) is 16.7 Å². The van der Waals surface area contributed by atoms with Crippen LogP contribution < -0.4 is 0 Å². The van der Waals surface area contributed by atoms with Crippen molar-refractivity contribution in [3.8, 4) is 0 Å². The molecule has 0 fully saturated rings. The second kappa shape index (κ2) is 11.2. The molecule has 0 heterocycles. The predicted molar refractivity (Wildman–Crippen MR) is 114 cm³/mol. The van der Waals surface area contributed by atoms with Gasteiger partial charge in [0.05, 0.1) is 5.41 Å². The maximum absolute atomic E-state index is 11.2. The summed E-state index contributed by atoms with van der Waals surface area (Å²) in [4.78, 5) is 21.7. The molecule has 0 aliphatic heterocycles. The van der Waals surface area contributed by atoms with Gasteiger partial charge < -0.3 is 9.84 Å². The van der Waals surface area contributed by atoms with Crippen molar-refractivity contribution in [2.45, 2.75) is 98.0 Å². The average Bonchev–Trinajstić information content (AvgIpc) is 2.60. The lowest BCUT2D eigenvalue weighted by Crippen LogP contribution is -2.23. The van der Waals surface area contributed by atoms with Crippen molar-refractivity contribution in [1.82, 2.24) is 0 Å². The van der Waals surface area contributed by atoms with Gasteiger partial charge in [0.2, 0.25) is 0 Å². The van der Waals surface area contributed by atoms with E-state index in [0.717, 1.165) is 57.8 Å². The fourth-order valence-corrected chi connectivity index (χ4v) is 3.50. The molecule has 1 aromatic rings. The van der Waals surface area contributed by atoms with Crippen LogP contribution in [0, 0.1) is 12.3 Å². The van der Waals surface area contributed by atoms with Crippen LogP contribution in [0.15, 0.2) is 18.2 Å². The molecule has 4 nitrogen and oxygen atoms in total. The van der Waals surface area contributed by atoms with Gasteiger partial charge in [-0.05, 0) is 96.3 Å². The van der Waals surface area contributed by atoms with E-state index >= 15 is 0 Å². The van der Waals surface area contributed by atoms with Crippen LogP contribution in [0.2, 0.25) is 0 Å². The molecule has 0 unspecified atom stereocenters. The van der Waals surface area contributed by atoms with Crippen molar-refractivity contribution >= 4 is 12.4 Å². The van der Waals surface area contributed by atoms with Gasteiger partial charge in [0, 0.05) is 0 Å². The first-order chi connectivity index (χ1) is 13.1. The molecule has 1 rings (SSSR count). The molecule has 0 saturated heterocycles. The summed E-state index contributed by atoms with van der Waals surface area (Å²) >= 11 is 0. The van der Waals surface area contributed by atoms with Crippen LogP contribution in [0.5, 0.6) is 0 Å². The number of hydrogen-bond acceptors (Lipinski definition) is 3. The quantitative estimate of drug-likeness (QED) is 0.318. The van der Waals surface area contributed by atoms with Gasteiger partial charge in [0.15, 0.2) is 0 Å². The normalized spacial score (nSPS) is 12.0. The minimum absolute atomic E-state index is 0.381. The maximum Gasteiger partial charge on any atom is 0.309 e. The summed E-state index contributed by atoms with van der Waals surface area (Å²) in [6.07, 6.45) is 8.92. The van der Waals surface area contributed by atoms with Crippen LogP contribution in [0.25, 0.3) is 0 Å². The fraction of sp³-hybridized carbons (Fsp3) is 0.667. The zero-order chi connectivity index (χ0) is 21.2. The van der Waals surface area contributed by atoms with Gasteiger partial charge in [0.25, 0.3) is 6.47 Å². The van der Waals surface area contributed by atoms with Crippen LogP contribution in [-0.2, 0) is 27.2 Å². The summed E-state index contributed by atoms with van der Waals surface area (Å²) in [5, 5.41) is 9.18. The third-order valence-corrected chi connectivity index (χ3v) is 5.73. The lowest BCUT2D eigenvalue weighted by atomic mass is 9.86. The van der Waals surface area contributed by atoms with Crippen molar-refractivity contribution in [3.05, 3.63) is 34.9 Å². The number of carbonyl (C=O) groups excluding carboxylic acids is 1. The van der Waals surface area contributed by atoms with E-state index in [9.17, 15) is 14.7 Å². The number of hydrogen-bond donors (Lipinski definition) is 1. The Hall–Kier alpha value is -1.84. The number of carbonyl (C=O) groups is 2. The molecule has 0 amide bonds. The van der Waals surface area contributed by atoms with Crippen molar-refractivity contribution in [1.29, 1.82) is 0 Å². The third kappa shape index (κ3) is 8.45. The van der Waals surface area contributed by atoms with Crippen LogP contribution >= 0.6 is 0 Å². The maximum atomic E-state index is 11.2. The fourth-order valence-electron chi connectivity index (χ4n) is 3.50. The van der Waals surface area contributed by atoms with Crippen molar-refractivity contribution in [2.24, 2.45) is 5.41 Å². The molecule has 0 saturated carbocycles. The zero-order valence-electron chi connectivity index (χ0n) is 18.3. The number of aryl methyl sites for hydroxylation is 2. The third-order valence-electron chi connectivity index (χ3n) is 5.73. The number of unbranched alkanes of at least 4 members (excludes halogenated alkanes) is 3. The Kier molecular flexibility index (Phi) is 9.71. The molecule has 0 bridgehead atoms. The van der Waals surface area contributed by atoms with E-state index in [4.69, 9.17) is 4.74 Å². The van der Waals surface area contributed by atoms with Gasteiger partial charge in [0.1, 0.15) is 5.60 Å². The Balaban J connectivity index is 2.41. The Morgan fingerprint density at radius 1 is 0.964 bits per heavy atom. The minimum atomic E-state index is -0.711. The summed E-state index contributed by atoms with van der Waals surface area (Å²) in [5.41, 5.74) is 3.18. The van der Waals surface area contributed by atoms with E-state index in [1.807, 2.05) is 13.8 Å². The number of benzene rings is 1. The number of aliphatic carboxylic acids is 1. The highest BCUT2D eigenvalue weighted by molar-refractivity contribution is 5.73. The molecule has 1 aromatic carbocycles. The Labute approximate surface area is 170 Å². The van der Waals surface area contributed by atoms with Crippen molar-refractivity contribution in [2.75, 3.05) is 0 Å². The molecule has 158 valence electrons. The van der Waals surface area contributed by atoms with Gasteiger partial charge >= 0.3 is 5.97 Å². The van der Waals surface area contributed by atoms with E-state index in [-0.39, 0.29) is 5.60 Å². The SMILES string of the molecule is Cc1c(CCCCCC(C)(C)C(=O)O)cccc1CCCCC(C)(C)OC=O. The molecule has 0 radical (unpaired) electrons. The largest absolute Gasteiger partial charge is 0.481 e. The lowest BCUT2D eigenvalue weighted by molar-refractivity contribution is -0.147. The van der Waals surface area contributed by atoms with Gasteiger partial charge in [-0.25, -0.2) is 0 Å². The monoisotopic (exact) mass is 390 g/mol. The summed E-state index contributed by atoms with van der Waals surface area (Å²) in [5.74, 6) is -0.711. The lowest BCUT2D eigenvalue weighted by Gasteiger charge is -2.22. The first kappa shape index (κ1) is 24.2. The minimum Gasteiger partial charge on any atom is -0.481 e. The predicted octanol–water partition coefficient (Wildman–Crippen LogP) is 5.87. The van der Waals surface area contributed by atoms with Crippen LogP contribution in [0.4, 0.5) is 0 Å². The number of ether oxygens (including phenoxy) is 1. The van der Waals surface area contributed by atoms with Gasteiger partial charge in [-0.2, -0.15) is 0 Å². The smallest absolute Gasteiger partial charge is 0.309 e. The van der Waals surface area contributed by atoms with Gasteiger partial charge in [-0.15, -0.1) is 0 Å². The molecule has 1 N–H and O–H groups in total. The zero-order valence-corrected chi connectivity index (χ0v) is 18.3. The number of rotatable bonds is 14. The highest BCUT2D eigenvalue weighted by Gasteiger charge is 2.25. The van der Waals surface area contributed by atoms with E-state index in [1.54, 1.807) is 13.8 Å². The first-order valence-corrected chi connectivity index (χ1v) is 10.5.